The first kappa shape index (κ1) is 12.5. The van der Waals surface area contributed by atoms with Crippen LogP contribution < -0.4 is 5.73 Å². The molecule has 1 rings (SSSR count). The van der Waals surface area contributed by atoms with Crippen LogP contribution in [0, 0.1) is 0 Å². The summed E-state index contributed by atoms with van der Waals surface area (Å²) in [5.41, 5.74) is 5.65. The van der Waals surface area contributed by atoms with Crippen LogP contribution in [0.3, 0.4) is 0 Å². The molecule has 0 aliphatic heterocycles. The third kappa shape index (κ3) is 3.81. The molecule has 0 fully saturated rings. The molecule has 0 aliphatic rings. The van der Waals surface area contributed by atoms with Crippen LogP contribution in [-0.4, -0.2) is 26.6 Å². The molecule has 6 heteroatoms. The van der Waals surface area contributed by atoms with E-state index in [1.807, 2.05) is 0 Å². The van der Waals surface area contributed by atoms with E-state index in [4.69, 9.17) is 10.3 Å². The molecule has 0 spiro atoms. The average Bonchev–Trinajstić information content (AvgIpc) is 2.61. The molecule has 0 radical (unpaired) electrons. The predicted octanol–water partition coefficient (Wildman–Crippen LogP) is 1.09. The minimum atomic E-state index is -0.684. The summed E-state index contributed by atoms with van der Waals surface area (Å²) in [7, 11) is 0. The van der Waals surface area contributed by atoms with Crippen molar-refractivity contribution in [1.82, 2.24) is 10.1 Å². The van der Waals surface area contributed by atoms with E-state index in [0.717, 1.165) is 0 Å². The normalized spacial score (nSPS) is 15.6. The highest BCUT2D eigenvalue weighted by Gasteiger charge is 2.19. The maximum Gasteiger partial charge on any atom is 0.246 e. The fraction of sp³-hybridized carbons (Fsp3) is 0.778. The number of aliphatic hydroxyl groups excluding tert-OH is 1. The van der Waals surface area contributed by atoms with E-state index in [-0.39, 0.29) is 0 Å². The maximum atomic E-state index is 9.24. The van der Waals surface area contributed by atoms with Gasteiger partial charge in [0.2, 0.25) is 5.89 Å². The van der Waals surface area contributed by atoms with Gasteiger partial charge in [0.05, 0.1) is 11.9 Å². The van der Waals surface area contributed by atoms with Gasteiger partial charge in [-0.15, -0.1) is 0 Å². The zero-order valence-corrected chi connectivity index (χ0v) is 9.99. The molecule has 0 amide bonds. The maximum absolute atomic E-state index is 9.24. The van der Waals surface area contributed by atoms with Crippen molar-refractivity contribution in [3.63, 3.8) is 0 Å². The van der Waals surface area contributed by atoms with Crippen molar-refractivity contribution in [1.29, 1.82) is 0 Å². The molecule has 0 saturated heterocycles. The second kappa shape index (κ2) is 5.48. The van der Waals surface area contributed by atoms with E-state index in [1.165, 1.54) is 0 Å². The van der Waals surface area contributed by atoms with Crippen LogP contribution in [0.15, 0.2) is 4.52 Å². The molecular formula is C9H17N3O2S. The van der Waals surface area contributed by atoms with Gasteiger partial charge in [0.15, 0.2) is 5.82 Å². The average molecular weight is 231 g/mol. The highest BCUT2D eigenvalue weighted by molar-refractivity contribution is 7.99. The van der Waals surface area contributed by atoms with Crippen molar-refractivity contribution in [2.24, 2.45) is 5.73 Å². The summed E-state index contributed by atoms with van der Waals surface area (Å²) in [5.74, 6) is 1.62. The van der Waals surface area contributed by atoms with Gasteiger partial charge in [0.25, 0.3) is 0 Å². The Morgan fingerprint density at radius 3 is 2.67 bits per heavy atom. The van der Waals surface area contributed by atoms with Gasteiger partial charge >= 0.3 is 0 Å². The minimum Gasteiger partial charge on any atom is -0.391 e. The molecule has 5 nitrogen and oxygen atoms in total. The molecule has 2 unspecified atom stereocenters. The quantitative estimate of drug-likeness (QED) is 0.789. The van der Waals surface area contributed by atoms with Crippen LogP contribution in [0.1, 0.15) is 38.5 Å². The number of hydrogen-bond donors (Lipinski definition) is 2. The first-order chi connectivity index (χ1) is 7.00. The SMILES string of the molecule is CC(C)SCc1noc(C(N)C(C)O)n1. The number of nitrogens with two attached hydrogens (primary N) is 1. The first-order valence-corrected chi connectivity index (χ1v) is 5.93. The molecule has 0 aromatic carbocycles. The first-order valence-electron chi connectivity index (χ1n) is 4.88. The van der Waals surface area contributed by atoms with Gasteiger partial charge in [-0.3, -0.25) is 0 Å². The fourth-order valence-electron chi connectivity index (χ4n) is 0.909. The van der Waals surface area contributed by atoms with Crippen LogP contribution in [0.25, 0.3) is 0 Å². The van der Waals surface area contributed by atoms with Crippen LogP contribution in [-0.2, 0) is 5.75 Å². The van der Waals surface area contributed by atoms with E-state index >= 15 is 0 Å². The molecule has 15 heavy (non-hydrogen) atoms. The zero-order chi connectivity index (χ0) is 11.4. The summed E-state index contributed by atoms with van der Waals surface area (Å²) < 4.78 is 4.96. The Morgan fingerprint density at radius 1 is 1.47 bits per heavy atom. The van der Waals surface area contributed by atoms with Crippen molar-refractivity contribution in [3.05, 3.63) is 11.7 Å². The van der Waals surface area contributed by atoms with Gasteiger partial charge in [0, 0.05) is 0 Å². The lowest BCUT2D eigenvalue weighted by atomic mass is 10.2. The van der Waals surface area contributed by atoms with Crippen LogP contribution in [0.4, 0.5) is 0 Å². The largest absolute Gasteiger partial charge is 0.391 e. The number of thioether (sulfide) groups is 1. The Hall–Kier alpha value is -0.590. The molecule has 1 heterocycles. The lowest BCUT2D eigenvalue weighted by Crippen LogP contribution is -2.23. The Balaban J connectivity index is 2.56. The number of aliphatic hydroxyl groups is 1. The van der Waals surface area contributed by atoms with E-state index in [2.05, 4.69) is 24.0 Å². The Bertz CT molecular complexity index is 301. The highest BCUT2D eigenvalue weighted by Crippen LogP contribution is 2.17. The number of rotatable bonds is 5. The van der Waals surface area contributed by atoms with Gasteiger partial charge in [-0.05, 0) is 12.2 Å². The minimum absolute atomic E-state index is 0.296. The van der Waals surface area contributed by atoms with E-state index in [0.29, 0.717) is 22.7 Å². The van der Waals surface area contributed by atoms with E-state index < -0.39 is 12.1 Å². The highest BCUT2D eigenvalue weighted by atomic mass is 32.2. The topological polar surface area (TPSA) is 85.2 Å². The Morgan fingerprint density at radius 2 is 2.13 bits per heavy atom. The van der Waals surface area contributed by atoms with Gasteiger partial charge in [-0.1, -0.05) is 19.0 Å². The lowest BCUT2D eigenvalue weighted by Gasteiger charge is -2.08. The molecule has 0 bridgehead atoms. The molecule has 0 saturated carbocycles. The van der Waals surface area contributed by atoms with Crippen LogP contribution in [0.5, 0.6) is 0 Å². The fourth-order valence-corrected chi connectivity index (χ4v) is 1.51. The molecule has 1 aromatic heterocycles. The number of nitrogens with zero attached hydrogens (tertiary/aromatic N) is 2. The lowest BCUT2D eigenvalue weighted by molar-refractivity contribution is 0.146. The summed E-state index contributed by atoms with van der Waals surface area (Å²) in [5, 5.41) is 13.6. The second-order valence-electron chi connectivity index (χ2n) is 3.67. The van der Waals surface area contributed by atoms with Gasteiger partial charge in [-0.2, -0.15) is 16.7 Å². The summed E-state index contributed by atoms with van der Waals surface area (Å²) in [6.07, 6.45) is -0.684. The molecule has 2 atom stereocenters. The predicted molar refractivity (Wildman–Crippen MR) is 59.3 cm³/mol. The van der Waals surface area contributed by atoms with Gasteiger partial charge in [0.1, 0.15) is 6.04 Å². The van der Waals surface area contributed by atoms with E-state index in [1.54, 1.807) is 18.7 Å². The molecule has 3 N–H and O–H groups in total. The van der Waals surface area contributed by atoms with Crippen LogP contribution >= 0.6 is 11.8 Å². The van der Waals surface area contributed by atoms with Gasteiger partial charge < -0.3 is 15.4 Å². The van der Waals surface area contributed by atoms with Gasteiger partial charge in [-0.25, -0.2) is 0 Å². The molecule has 86 valence electrons. The van der Waals surface area contributed by atoms with Crippen molar-refractivity contribution < 1.29 is 9.63 Å². The standard InChI is InChI=1S/C9H17N3O2S/c1-5(2)15-4-7-11-9(14-12-7)8(10)6(3)13/h5-6,8,13H,4,10H2,1-3H3. The van der Waals surface area contributed by atoms with Crippen molar-refractivity contribution in [2.75, 3.05) is 0 Å². The van der Waals surface area contributed by atoms with Crippen molar-refractivity contribution >= 4 is 11.8 Å². The Labute approximate surface area is 93.4 Å². The molecule has 0 aliphatic carbocycles. The molecular weight excluding hydrogens is 214 g/mol. The van der Waals surface area contributed by atoms with Crippen molar-refractivity contribution in [3.8, 4) is 0 Å². The Kier molecular flexibility index (Phi) is 4.56. The third-order valence-electron chi connectivity index (χ3n) is 1.83. The van der Waals surface area contributed by atoms with E-state index in [9.17, 15) is 5.11 Å². The summed E-state index contributed by atoms with van der Waals surface area (Å²) in [6.45, 7) is 5.80. The number of aromatic nitrogens is 2. The third-order valence-corrected chi connectivity index (χ3v) is 2.93. The zero-order valence-electron chi connectivity index (χ0n) is 9.17. The van der Waals surface area contributed by atoms with Crippen molar-refractivity contribution in [2.45, 2.75) is 43.9 Å². The monoisotopic (exact) mass is 231 g/mol. The summed E-state index contributed by atoms with van der Waals surface area (Å²) in [4.78, 5) is 4.12. The molecule has 1 aromatic rings. The summed E-state index contributed by atoms with van der Waals surface area (Å²) >= 11 is 1.73. The second-order valence-corrected chi connectivity index (χ2v) is 5.24. The summed E-state index contributed by atoms with van der Waals surface area (Å²) in [6, 6.07) is -0.602. The van der Waals surface area contributed by atoms with Crippen LogP contribution in [0.2, 0.25) is 0 Å². The smallest absolute Gasteiger partial charge is 0.246 e. The number of hydrogen-bond acceptors (Lipinski definition) is 6.